The summed E-state index contributed by atoms with van der Waals surface area (Å²) in [6.07, 6.45) is 6.37. The molecule has 1 aromatic heterocycles. The number of aromatic nitrogens is 2. The number of aryl methyl sites for hydroxylation is 1. The van der Waals surface area contributed by atoms with Crippen LogP contribution in [0.4, 0.5) is 0 Å². The van der Waals surface area contributed by atoms with Crippen molar-refractivity contribution in [1.29, 1.82) is 0 Å². The average molecular weight is 221 g/mol. The minimum absolute atomic E-state index is 0.130. The van der Waals surface area contributed by atoms with Gasteiger partial charge in [-0.05, 0) is 32.6 Å². The first kappa shape index (κ1) is 11.2. The van der Waals surface area contributed by atoms with Gasteiger partial charge in [0.15, 0.2) is 0 Å². The molecule has 1 amide bonds. The normalized spacial score (nSPS) is 16.7. The van der Waals surface area contributed by atoms with Crippen LogP contribution in [0.1, 0.15) is 37.2 Å². The second-order valence-corrected chi connectivity index (χ2v) is 4.66. The van der Waals surface area contributed by atoms with E-state index < -0.39 is 0 Å². The number of carbonyl (C=O) groups excluding carboxylic acids is 1. The summed E-state index contributed by atoms with van der Waals surface area (Å²) in [5.74, 6) is 0.130. The van der Waals surface area contributed by atoms with E-state index in [1.807, 2.05) is 17.8 Å². The lowest BCUT2D eigenvalue weighted by Gasteiger charge is -2.21. The van der Waals surface area contributed by atoms with E-state index in [9.17, 15) is 4.79 Å². The summed E-state index contributed by atoms with van der Waals surface area (Å²) in [4.78, 5) is 18.0. The highest BCUT2D eigenvalue weighted by Gasteiger charge is 2.22. The van der Waals surface area contributed by atoms with Crippen LogP contribution in [0, 0.1) is 0 Å². The number of likely N-dealkylation sites (N-methyl/N-ethyl adjacent to an activating group) is 1. The van der Waals surface area contributed by atoms with Gasteiger partial charge in [0.2, 0.25) is 5.91 Å². The third kappa shape index (κ3) is 1.84. The molecule has 0 spiro atoms. The molecule has 1 aromatic rings. The van der Waals surface area contributed by atoms with Gasteiger partial charge in [-0.3, -0.25) is 4.79 Å². The highest BCUT2D eigenvalue weighted by atomic mass is 16.2. The Kier molecular flexibility index (Phi) is 2.99. The molecule has 0 N–H and O–H groups in total. The largest absolute Gasteiger partial charge is 0.347 e. The first-order valence-corrected chi connectivity index (χ1v) is 5.87. The van der Waals surface area contributed by atoms with Gasteiger partial charge in [-0.25, -0.2) is 4.98 Å². The summed E-state index contributed by atoms with van der Waals surface area (Å²) >= 11 is 0. The molecule has 0 fully saturated rings. The van der Waals surface area contributed by atoms with Crippen molar-refractivity contribution in [2.45, 2.75) is 38.6 Å². The molecule has 4 heteroatoms. The molecule has 2 rings (SSSR count). The van der Waals surface area contributed by atoms with Crippen molar-refractivity contribution >= 4 is 5.91 Å². The van der Waals surface area contributed by atoms with Gasteiger partial charge in [0.1, 0.15) is 6.04 Å². The monoisotopic (exact) mass is 221 g/mol. The summed E-state index contributed by atoms with van der Waals surface area (Å²) in [5, 5.41) is 0. The summed E-state index contributed by atoms with van der Waals surface area (Å²) in [6, 6.07) is -0.135. The number of amides is 1. The van der Waals surface area contributed by atoms with E-state index in [1.54, 1.807) is 19.0 Å². The fourth-order valence-corrected chi connectivity index (χ4v) is 2.32. The fourth-order valence-electron chi connectivity index (χ4n) is 2.32. The number of carbonyl (C=O) groups is 1. The lowest BCUT2D eigenvalue weighted by atomic mass is 10.0. The Balaban J connectivity index is 2.27. The predicted octanol–water partition coefficient (Wildman–Crippen LogP) is 1.41. The second kappa shape index (κ2) is 4.28. The summed E-state index contributed by atoms with van der Waals surface area (Å²) in [7, 11) is 3.59. The smallest absolute Gasteiger partial charge is 0.244 e. The van der Waals surface area contributed by atoms with Gasteiger partial charge >= 0.3 is 0 Å². The number of nitrogens with zero attached hydrogens (tertiary/aromatic N) is 3. The van der Waals surface area contributed by atoms with Crippen molar-refractivity contribution in [3.05, 3.63) is 17.7 Å². The Morgan fingerprint density at radius 1 is 1.44 bits per heavy atom. The van der Waals surface area contributed by atoms with Crippen LogP contribution < -0.4 is 0 Å². The standard InChI is InChI=1S/C12H19N3O/c1-9(12(16)14(2)3)15-8-13-10-6-4-5-7-11(10)15/h8-9H,4-7H2,1-3H3. The minimum atomic E-state index is -0.135. The number of imidazole rings is 1. The quantitative estimate of drug-likeness (QED) is 0.757. The van der Waals surface area contributed by atoms with Crippen molar-refractivity contribution in [1.82, 2.24) is 14.5 Å². The molecule has 1 aliphatic rings. The van der Waals surface area contributed by atoms with Crippen LogP contribution in [-0.4, -0.2) is 34.5 Å². The zero-order valence-electron chi connectivity index (χ0n) is 10.2. The Bertz CT molecular complexity index is 395. The van der Waals surface area contributed by atoms with E-state index in [-0.39, 0.29) is 11.9 Å². The molecule has 0 radical (unpaired) electrons. The molecule has 1 unspecified atom stereocenters. The maximum Gasteiger partial charge on any atom is 0.244 e. The first-order chi connectivity index (χ1) is 7.61. The topological polar surface area (TPSA) is 38.1 Å². The molecule has 16 heavy (non-hydrogen) atoms. The Morgan fingerprint density at radius 2 is 2.12 bits per heavy atom. The van der Waals surface area contributed by atoms with Crippen molar-refractivity contribution in [3.63, 3.8) is 0 Å². The van der Waals surface area contributed by atoms with Gasteiger partial charge in [-0.15, -0.1) is 0 Å². The highest BCUT2D eigenvalue weighted by molar-refractivity contribution is 5.79. The zero-order chi connectivity index (χ0) is 11.7. The van der Waals surface area contributed by atoms with Crippen LogP contribution in [0.25, 0.3) is 0 Å². The zero-order valence-corrected chi connectivity index (χ0v) is 10.2. The molecule has 0 bridgehead atoms. The first-order valence-electron chi connectivity index (χ1n) is 5.87. The van der Waals surface area contributed by atoms with Gasteiger partial charge in [0.05, 0.1) is 12.0 Å². The van der Waals surface area contributed by atoms with Crippen molar-refractivity contribution in [2.75, 3.05) is 14.1 Å². The molecular weight excluding hydrogens is 202 g/mol. The second-order valence-electron chi connectivity index (χ2n) is 4.66. The molecular formula is C12H19N3O. The molecule has 0 aliphatic heterocycles. The third-order valence-corrected chi connectivity index (χ3v) is 3.28. The van der Waals surface area contributed by atoms with Crippen LogP contribution >= 0.6 is 0 Å². The Labute approximate surface area is 96.3 Å². The number of rotatable bonds is 2. The van der Waals surface area contributed by atoms with Crippen LogP contribution in [0.3, 0.4) is 0 Å². The highest BCUT2D eigenvalue weighted by Crippen LogP contribution is 2.23. The summed E-state index contributed by atoms with van der Waals surface area (Å²) in [6.45, 7) is 1.94. The predicted molar refractivity (Wildman–Crippen MR) is 62.3 cm³/mol. The molecule has 0 saturated heterocycles. The van der Waals surface area contributed by atoms with Crippen molar-refractivity contribution < 1.29 is 4.79 Å². The van der Waals surface area contributed by atoms with Gasteiger partial charge in [0.25, 0.3) is 0 Å². The van der Waals surface area contributed by atoms with Crippen LogP contribution in [0.5, 0.6) is 0 Å². The Morgan fingerprint density at radius 3 is 2.81 bits per heavy atom. The van der Waals surface area contributed by atoms with Crippen LogP contribution in [0.2, 0.25) is 0 Å². The van der Waals surface area contributed by atoms with Crippen LogP contribution in [-0.2, 0) is 17.6 Å². The molecule has 0 saturated carbocycles. The molecule has 1 atom stereocenters. The summed E-state index contributed by atoms with van der Waals surface area (Å²) < 4.78 is 2.04. The summed E-state index contributed by atoms with van der Waals surface area (Å²) in [5.41, 5.74) is 2.44. The number of hydrogen-bond acceptors (Lipinski definition) is 2. The van der Waals surface area contributed by atoms with Gasteiger partial charge < -0.3 is 9.47 Å². The minimum Gasteiger partial charge on any atom is -0.347 e. The molecule has 4 nitrogen and oxygen atoms in total. The fraction of sp³-hybridized carbons (Fsp3) is 0.667. The SMILES string of the molecule is CC(C(=O)N(C)C)n1cnc2c1CCCC2. The maximum absolute atomic E-state index is 11.9. The number of fused-ring (bicyclic) bond motifs is 1. The maximum atomic E-state index is 11.9. The van der Waals surface area contributed by atoms with Gasteiger partial charge in [-0.2, -0.15) is 0 Å². The van der Waals surface area contributed by atoms with Crippen LogP contribution in [0.15, 0.2) is 6.33 Å². The van der Waals surface area contributed by atoms with Gasteiger partial charge in [-0.1, -0.05) is 0 Å². The van der Waals surface area contributed by atoms with Crippen molar-refractivity contribution in [2.24, 2.45) is 0 Å². The molecule has 1 aliphatic carbocycles. The van der Waals surface area contributed by atoms with E-state index in [2.05, 4.69) is 4.98 Å². The molecule has 1 heterocycles. The van der Waals surface area contributed by atoms with E-state index >= 15 is 0 Å². The van der Waals surface area contributed by atoms with E-state index in [1.165, 1.54) is 24.2 Å². The molecule has 0 aromatic carbocycles. The average Bonchev–Trinajstić information content (AvgIpc) is 2.70. The lowest BCUT2D eigenvalue weighted by Crippen LogP contribution is -2.30. The molecule has 88 valence electrons. The van der Waals surface area contributed by atoms with E-state index in [0.717, 1.165) is 12.8 Å². The van der Waals surface area contributed by atoms with E-state index in [4.69, 9.17) is 0 Å². The number of hydrogen-bond donors (Lipinski definition) is 0. The Hall–Kier alpha value is -1.32. The van der Waals surface area contributed by atoms with E-state index in [0.29, 0.717) is 0 Å². The van der Waals surface area contributed by atoms with Gasteiger partial charge in [0, 0.05) is 19.8 Å². The lowest BCUT2D eigenvalue weighted by molar-refractivity contribution is -0.131. The van der Waals surface area contributed by atoms with Crippen molar-refractivity contribution in [3.8, 4) is 0 Å². The third-order valence-electron chi connectivity index (χ3n) is 3.28.